The van der Waals surface area contributed by atoms with Gasteiger partial charge in [0, 0.05) is 41.9 Å². The summed E-state index contributed by atoms with van der Waals surface area (Å²) in [5, 5.41) is 5.66. The molecule has 0 spiro atoms. The van der Waals surface area contributed by atoms with Crippen LogP contribution in [0.15, 0.2) is 54.7 Å². The summed E-state index contributed by atoms with van der Waals surface area (Å²) in [5.74, 6) is 0.222. The van der Waals surface area contributed by atoms with Crippen LogP contribution < -0.4 is 4.74 Å². The van der Waals surface area contributed by atoms with Crippen molar-refractivity contribution in [1.29, 1.82) is 0 Å². The van der Waals surface area contributed by atoms with Crippen LogP contribution in [0.2, 0.25) is 0 Å². The molecule has 0 saturated heterocycles. The Bertz CT molecular complexity index is 1350. The maximum Gasteiger partial charge on any atom is 0.254 e. The SMILES string of the molecule is COc1ccc(F)cc1-c1c2c(nn1C)[C@H](C)N(C(=O)c1ccc3ncccc3c1)CC2. The molecule has 0 aliphatic carbocycles. The average Bonchev–Trinajstić information content (AvgIpc) is 3.15. The third-order valence-corrected chi connectivity index (χ3v) is 6.17. The minimum absolute atomic E-state index is 0.0376. The molecule has 0 saturated carbocycles. The van der Waals surface area contributed by atoms with Gasteiger partial charge in [-0.25, -0.2) is 4.39 Å². The number of halogens is 1. The van der Waals surface area contributed by atoms with Crippen LogP contribution in [0.5, 0.6) is 5.75 Å². The van der Waals surface area contributed by atoms with Gasteiger partial charge in [0.2, 0.25) is 0 Å². The van der Waals surface area contributed by atoms with Crippen molar-refractivity contribution in [2.75, 3.05) is 13.7 Å². The summed E-state index contributed by atoms with van der Waals surface area (Å²) < 4.78 is 21.3. The number of hydrogen-bond acceptors (Lipinski definition) is 4. The van der Waals surface area contributed by atoms with Crippen molar-refractivity contribution in [3.8, 4) is 17.0 Å². The van der Waals surface area contributed by atoms with Gasteiger partial charge < -0.3 is 9.64 Å². The monoisotopic (exact) mass is 430 g/mol. The van der Waals surface area contributed by atoms with E-state index in [4.69, 9.17) is 9.84 Å². The van der Waals surface area contributed by atoms with Crippen LogP contribution in [-0.2, 0) is 13.5 Å². The summed E-state index contributed by atoms with van der Waals surface area (Å²) >= 11 is 0. The Hall–Kier alpha value is -3.74. The van der Waals surface area contributed by atoms with E-state index in [1.54, 1.807) is 24.1 Å². The zero-order valence-electron chi connectivity index (χ0n) is 18.2. The minimum atomic E-state index is -0.331. The van der Waals surface area contributed by atoms with Gasteiger partial charge in [-0.05, 0) is 55.8 Å². The van der Waals surface area contributed by atoms with Crippen molar-refractivity contribution in [2.24, 2.45) is 7.05 Å². The first-order chi connectivity index (χ1) is 15.5. The first kappa shape index (κ1) is 20.2. The molecule has 2 aromatic heterocycles. The van der Waals surface area contributed by atoms with Crippen LogP contribution in [0.25, 0.3) is 22.2 Å². The van der Waals surface area contributed by atoms with E-state index in [0.717, 1.165) is 27.9 Å². The predicted octanol–water partition coefficient (Wildman–Crippen LogP) is 4.54. The Labute approximate surface area is 185 Å². The zero-order valence-corrected chi connectivity index (χ0v) is 18.2. The molecule has 3 heterocycles. The molecule has 1 atom stereocenters. The quantitative estimate of drug-likeness (QED) is 0.479. The smallest absolute Gasteiger partial charge is 0.254 e. The van der Waals surface area contributed by atoms with Gasteiger partial charge in [-0.1, -0.05) is 6.07 Å². The van der Waals surface area contributed by atoms with E-state index in [9.17, 15) is 9.18 Å². The molecule has 0 bridgehead atoms. The van der Waals surface area contributed by atoms with Crippen LogP contribution in [0.3, 0.4) is 0 Å². The van der Waals surface area contributed by atoms with Crippen LogP contribution in [0.1, 0.15) is 34.6 Å². The lowest BCUT2D eigenvalue weighted by atomic mass is 9.94. The Morgan fingerprint density at radius 2 is 2.03 bits per heavy atom. The largest absolute Gasteiger partial charge is 0.496 e. The number of amides is 1. The van der Waals surface area contributed by atoms with Crippen LogP contribution >= 0.6 is 0 Å². The summed E-state index contributed by atoms with van der Waals surface area (Å²) in [6.45, 7) is 2.53. The normalized spacial score (nSPS) is 15.6. The lowest BCUT2D eigenvalue weighted by molar-refractivity contribution is 0.0674. The molecule has 0 radical (unpaired) electrons. The van der Waals surface area contributed by atoms with Crippen LogP contribution in [0, 0.1) is 5.82 Å². The van der Waals surface area contributed by atoms with E-state index in [0.29, 0.717) is 29.8 Å². The van der Waals surface area contributed by atoms with E-state index >= 15 is 0 Å². The van der Waals surface area contributed by atoms with E-state index in [1.165, 1.54) is 12.1 Å². The molecule has 2 aromatic carbocycles. The van der Waals surface area contributed by atoms with Gasteiger partial charge >= 0.3 is 0 Å². The number of aromatic nitrogens is 3. The summed E-state index contributed by atoms with van der Waals surface area (Å²) in [4.78, 5) is 19.5. The first-order valence-corrected chi connectivity index (χ1v) is 10.5. The number of methoxy groups -OCH3 is 1. The molecule has 162 valence electrons. The second kappa shape index (κ2) is 7.75. The number of aryl methyl sites for hydroxylation is 1. The average molecular weight is 430 g/mol. The second-order valence-electron chi connectivity index (χ2n) is 8.02. The molecule has 6 nitrogen and oxygen atoms in total. The molecular weight excluding hydrogens is 407 g/mol. The Morgan fingerprint density at radius 1 is 1.19 bits per heavy atom. The fourth-order valence-electron chi connectivity index (χ4n) is 4.60. The van der Waals surface area contributed by atoms with E-state index in [1.807, 2.05) is 49.2 Å². The highest BCUT2D eigenvalue weighted by Crippen LogP contribution is 2.39. The number of rotatable bonds is 3. The number of carbonyl (C=O) groups excluding carboxylic acids is 1. The molecule has 1 aliphatic heterocycles. The van der Waals surface area contributed by atoms with Gasteiger partial charge in [-0.15, -0.1) is 0 Å². The topological polar surface area (TPSA) is 60.2 Å². The fourth-order valence-corrected chi connectivity index (χ4v) is 4.60. The lowest BCUT2D eigenvalue weighted by Gasteiger charge is -2.33. The van der Waals surface area contributed by atoms with Crippen molar-refractivity contribution < 1.29 is 13.9 Å². The van der Waals surface area contributed by atoms with Crippen LogP contribution in [-0.4, -0.2) is 39.2 Å². The number of ether oxygens (including phenoxy) is 1. The number of hydrogen-bond donors (Lipinski definition) is 0. The van der Waals surface area contributed by atoms with Crippen molar-refractivity contribution in [3.63, 3.8) is 0 Å². The molecule has 0 N–H and O–H groups in total. The highest BCUT2D eigenvalue weighted by molar-refractivity contribution is 5.98. The predicted molar refractivity (Wildman–Crippen MR) is 120 cm³/mol. The van der Waals surface area contributed by atoms with Gasteiger partial charge in [-0.3, -0.25) is 14.5 Å². The van der Waals surface area contributed by atoms with Crippen molar-refractivity contribution >= 4 is 16.8 Å². The molecule has 0 fully saturated rings. The summed E-state index contributed by atoms with van der Waals surface area (Å²) in [6, 6.07) is 13.7. The Morgan fingerprint density at radius 3 is 2.84 bits per heavy atom. The number of carbonyl (C=O) groups is 1. The summed E-state index contributed by atoms with van der Waals surface area (Å²) in [6.07, 6.45) is 2.37. The number of nitrogens with zero attached hydrogens (tertiary/aromatic N) is 4. The highest BCUT2D eigenvalue weighted by Gasteiger charge is 2.34. The lowest BCUT2D eigenvalue weighted by Crippen LogP contribution is -2.38. The molecule has 1 aliphatic rings. The molecule has 7 heteroatoms. The maximum absolute atomic E-state index is 14.0. The zero-order chi connectivity index (χ0) is 22.4. The summed E-state index contributed by atoms with van der Waals surface area (Å²) in [7, 11) is 3.41. The first-order valence-electron chi connectivity index (χ1n) is 10.5. The third kappa shape index (κ3) is 3.21. The van der Waals surface area contributed by atoms with Gasteiger partial charge in [0.1, 0.15) is 11.6 Å². The third-order valence-electron chi connectivity index (χ3n) is 6.17. The molecule has 5 rings (SSSR count). The maximum atomic E-state index is 14.0. The molecule has 0 unspecified atom stereocenters. The van der Waals surface area contributed by atoms with Gasteiger partial charge in [0.15, 0.2) is 0 Å². The molecule has 1 amide bonds. The van der Waals surface area contributed by atoms with Crippen molar-refractivity contribution in [3.05, 3.63) is 77.4 Å². The molecular formula is C25H23FN4O2. The van der Waals surface area contributed by atoms with Gasteiger partial charge in [0.05, 0.1) is 30.1 Å². The number of fused-ring (bicyclic) bond motifs is 2. The standard InChI is InChI=1S/C25H23FN4O2/c1-15-23-19(24(29(2)28-23)20-14-18(26)7-9-22(20)32-3)10-12-30(15)25(31)17-6-8-21-16(13-17)5-4-11-27-21/h4-9,11,13-15H,10,12H2,1-3H3/t15-/m0/s1. The van der Waals surface area contributed by atoms with Gasteiger partial charge in [-0.2, -0.15) is 5.10 Å². The van der Waals surface area contributed by atoms with E-state index < -0.39 is 0 Å². The van der Waals surface area contributed by atoms with Crippen LogP contribution in [0.4, 0.5) is 4.39 Å². The highest BCUT2D eigenvalue weighted by atomic mass is 19.1. The summed E-state index contributed by atoms with van der Waals surface area (Å²) in [5.41, 5.74) is 4.83. The van der Waals surface area contributed by atoms with Gasteiger partial charge in [0.25, 0.3) is 5.91 Å². The van der Waals surface area contributed by atoms with E-state index in [-0.39, 0.29) is 17.8 Å². The number of benzene rings is 2. The molecule has 4 aromatic rings. The molecule has 32 heavy (non-hydrogen) atoms. The Balaban J connectivity index is 1.52. The fraction of sp³-hybridized carbons (Fsp3) is 0.240. The Kier molecular flexibility index (Phi) is 4.89. The van der Waals surface area contributed by atoms with Crippen molar-refractivity contribution in [2.45, 2.75) is 19.4 Å². The second-order valence-corrected chi connectivity index (χ2v) is 8.02. The number of pyridine rings is 1. The minimum Gasteiger partial charge on any atom is -0.496 e. The van der Waals surface area contributed by atoms with Crippen molar-refractivity contribution in [1.82, 2.24) is 19.7 Å². The van der Waals surface area contributed by atoms with E-state index in [2.05, 4.69) is 4.98 Å².